The maximum absolute atomic E-state index is 12.0. The number of rotatable bonds is 11. The number of aromatic nitrogens is 2. The van der Waals surface area contributed by atoms with Gasteiger partial charge in [-0.2, -0.15) is 0 Å². The highest BCUT2D eigenvalue weighted by Crippen LogP contribution is 2.45. The lowest BCUT2D eigenvalue weighted by Crippen LogP contribution is -2.66. The van der Waals surface area contributed by atoms with Gasteiger partial charge in [0.2, 0.25) is 5.95 Å². The van der Waals surface area contributed by atoms with Crippen LogP contribution in [0.2, 0.25) is 0 Å². The second-order valence-corrected chi connectivity index (χ2v) is 14.3. The molecule has 1 N–H and O–H groups in total. The number of carbonyl (C=O) groups is 1. The van der Waals surface area contributed by atoms with Crippen LogP contribution in [0, 0.1) is 10.8 Å². The number of ether oxygens (including phenoxy) is 4. The molecule has 0 atom stereocenters. The molecule has 3 aromatic rings. The molecule has 1 spiro atoms. The molecular weight excluding hydrogens is 556 g/mol. The Hall–Kier alpha value is -3.85. The zero-order chi connectivity index (χ0) is 31.0. The van der Waals surface area contributed by atoms with Gasteiger partial charge in [-0.1, -0.05) is 38.1 Å². The highest BCUT2D eigenvalue weighted by molar-refractivity contribution is 5.67. The summed E-state index contributed by atoms with van der Waals surface area (Å²) < 4.78 is 23.0. The number of anilines is 1. The first-order chi connectivity index (χ1) is 20.9. The third-order valence-electron chi connectivity index (χ3n) is 8.90. The van der Waals surface area contributed by atoms with Crippen LogP contribution >= 0.6 is 0 Å². The van der Waals surface area contributed by atoms with Crippen molar-refractivity contribution >= 4 is 12.0 Å². The highest BCUT2D eigenvalue weighted by atomic mass is 16.6. The normalized spacial score (nSPS) is 18.2. The monoisotopic (exact) mass is 600 g/mol. The quantitative estimate of drug-likeness (QED) is 0.291. The van der Waals surface area contributed by atoms with Gasteiger partial charge in [0.25, 0.3) is 0 Å². The Morgan fingerprint density at radius 1 is 0.909 bits per heavy atom. The average molecular weight is 601 g/mol. The van der Waals surface area contributed by atoms with Crippen molar-refractivity contribution < 1.29 is 23.7 Å². The van der Waals surface area contributed by atoms with Crippen molar-refractivity contribution in [2.75, 3.05) is 44.4 Å². The smallest absolute Gasteiger partial charge is 0.407 e. The van der Waals surface area contributed by atoms with Gasteiger partial charge < -0.3 is 29.2 Å². The zero-order valence-corrected chi connectivity index (χ0v) is 26.5. The van der Waals surface area contributed by atoms with Gasteiger partial charge in [-0.25, -0.2) is 14.8 Å². The molecular formula is C35H44N4O5. The van der Waals surface area contributed by atoms with E-state index in [1.54, 1.807) is 6.20 Å². The molecule has 2 saturated heterocycles. The molecule has 3 heterocycles. The Kier molecular flexibility index (Phi) is 7.94. The largest absolute Gasteiger partial charge is 0.493 e. The lowest BCUT2D eigenvalue weighted by atomic mass is 9.78. The molecule has 0 bridgehead atoms. The van der Waals surface area contributed by atoms with Crippen molar-refractivity contribution in [3.8, 4) is 11.5 Å². The predicted octanol–water partition coefficient (Wildman–Crippen LogP) is 5.90. The molecule has 1 aliphatic carbocycles. The Labute approximate surface area is 260 Å². The van der Waals surface area contributed by atoms with Gasteiger partial charge in [0, 0.05) is 36.7 Å². The van der Waals surface area contributed by atoms with E-state index in [-0.39, 0.29) is 16.9 Å². The fourth-order valence-electron chi connectivity index (χ4n) is 5.71. The third kappa shape index (κ3) is 6.93. The van der Waals surface area contributed by atoms with E-state index >= 15 is 0 Å². The standard InChI is InChI=1S/C35H44N4O5/c1-32(2,3)44-31(40)37-19-34(15-16-34)24-43-29-12-8-26(9-13-29)33(4,5)25-6-10-28(11-7-25)42-18-27-14-17-36-30(38-27)39-20-35(21-39)22-41-23-35/h6-14,17H,15-16,18-24H2,1-5H3,(H,37,40). The molecule has 6 rings (SSSR count). The van der Waals surface area contributed by atoms with Gasteiger partial charge >= 0.3 is 6.09 Å². The summed E-state index contributed by atoms with van der Waals surface area (Å²) in [4.78, 5) is 23.4. The van der Waals surface area contributed by atoms with Crippen molar-refractivity contribution in [2.24, 2.45) is 10.8 Å². The maximum atomic E-state index is 12.0. The van der Waals surface area contributed by atoms with Gasteiger partial charge in [-0.3, -0.25) is 0 Å². The molecule has 1 aromatic heterocycles. The lowest BCUT2D eigenvalue weighted by Gasteiger charge is -2.54. The van der Waals surface area contributed by atoms with Crippen molar-refractivity contribution in [3.05, 3.63) is 77.6 Å². The summed E-state index contributed by atoms with van der Waals surface area (Å²) in [6.07, 6.45) is 3.49. The first-order valence-electron chi connectivity index (χ1n) is 15.5. The van der Waals surface area contributed by atoms with E-state index in [9.17, 15) is 4.79 Å². The van der Waals surface area contributed by atoms with Crippen molar-refractivity contribution in [1.82, 2.24) is 15.3 Å². The van der Waals surface area contributed by atoms with Crippen LogP contribution < -0.4 is 19.7 Å². The first-order valence-corrected chi connectivity index (χ1v) is 15.5. The van der Waals surface area contributed by atoms with Crippen molar-refractivity contribution in [1.29, 1.82) is 0 Å². The van der Waals surface area contributed by atoms with Gasteiger partial charge in [-0.05, 0) is 75.1 Å². The van der Waals surface area contributed by atoms with Crippen LogP contribution in [0.1, 0.15) is 64.3 Å². The van der Waals surface area contributed by atoms with E-state index in [1.807, 2.05) is 51.1 Å². The summed E-state index contributed by atoms with van der Waals surface area (Å²) in [5.41, 5.74) is 2.85. The number of alkyl carbamates (subject to hydrolysis) is 1. The molecule has 3 fully saturated rings. The van der Waals surface area contributed by atoms with Crippen LogP contribution in [-0.4, -0.2) is 61.1 Å². The molecule has 2 aliphatic heterocycles. The minimum Gasteiger partial charge on any atom is -0.493 e. The van der Waals surface area contributed by atoms with E-state index < -0.39 is 5.60 Å². The summed E-state index contributed by atoms with van der Waals surface area (Å²) in [5, 5.41) is 2.90. The molecule has 9 heteroatoms. The average Bonchev–Trinajstić information content (AvgIpc) is 3.72. The molecule has 234 valence electrons. The summed E-state index contributed by atoms with van der Waals surface area (Å²) in [6, 6.07) is 18.5. The van der Waals surface area contributed by atoms with Gasteiger partial charge in [0.1, 0.15) is 23.7 Å². The van der Waals surface area contributed by atoms with Crippen LogP contribution in [0.4, 0.5) is 10.7 Å². The van der Waals surface area contributed by atoms with Gasteiger partial charge in [0.05, 0.1) is 30.9 Å². The Balaban J connectivity index is 0.985. The predicted molar refractivity (Wildman–Crippen MR) is 168 cm³/mol. The fraction of sp³-hybridized carbons (Fsp3) is 0.514. The molecule has 9 nitrogen and oxygen atoms in total. The summed E-state index contributed by atoms with van der Waals surface area (Å²) in [7, 11) is 0. The van der Waals surface area contributed by atoms with Gasteiger partial charge in [0.15, 0.2) is 0 Å². The van der Waals surface area contributed by atoms with E-state index in [0.29, 0.717) is 25.2 Å². The van der Waals surface area contributed by atoms with Crippen molar-refractivity contribution in [3.63, 3.8) is 0 Å². The first kappa shape index (κ1) is 30.2. The fourth-order valence-corrected chi connectivity index (χ4v) is 5.71. The number of nitrogens with zero attached hydrogens (tertiary/aromatic N) is 3. The molecule has 2 aromatic carbocycles. The van der Waals surface area contributed by atoms with Crippen LogP contribution in [0.3, 0.4) is 0 Å². The Morgan fingerprint density at radius 2 is 1.52 bits per heavy atom. The zero-order valence-electron chi connectivity index (χ0n) is 26.5. The molecule has 0 radical (unpaired) electrons. The van der Waals surface area contributed by atoms with Crippen LogP contribution in [0.25, 0.3) is 0 Å². The number of hydrogen-bond acceptors (Lipinski definition) is 8. The van der Waals surface area contributed by atoms with E-state index in [1.165, 1.54) is 11.1 Å². The minimum absolute atomic E-state index is 0.0161. The second kappa shape index (κ2) is 11.6. The topological polar surface area (TPSA) is 95.0 Å². The van der Waals surface area contributed by atoms with Crippen LogP contribution in [-0.2, 0) is 21.5 Å². The van der Waals surface area contributed by atoms with Crippen LogP contribution in [0.15, 0.2) is 60.8 Å². The SMILES string of the molecule is CC(C)(C)OC(=O)NCC1(COc2ccc(C(C)(C)c3ccc(OCc4ccnc(N5CC6(COC6)C5)n4)cc3)cc2)CC1. The maximum Gasteiger partial charge on any atom is 0.407 e. The summed E-state index contributed by atoms with van der Waals surface area (Å²) in [6.45, 7) is 15.2. The van der Waals surface area contributed by atoms with Gasteiger partial charge in [-0.15, -0.1) is 0 Å². The molecule has 1 saturated carbocycles. The van der Waals surface area contributed by atoms with Crippen molar-refractivity contribution in [2.45, 2.75) is 65.1 Å². The third-order valence-corrected chi connectivity index (χ3v) is 8.90. The second-order valence-electron chi connectivity index (χ2n) is 14.3. The molecule has 44 heavy (non-hydrogen) atoms. The lowest BCUT2D eigenvalue weighted by molar-refractivity contribution is -0.127. The van der Waals surface area contributed by atoms with E-state index in [2.05, 4.69) is 53.3 Å². The number of amides is 1. The Bertz CT molecular complexity index is 1450. The molecule has 3 aliphatic rings. The number of benzene rings is 2. The van der Waals surface area contributed by atoms with Crippen LogP contribution in [0.5, 0.6) is 11.5 Å². The number of carbonyl (C=O) groups excluding carboxylic acids is 1. The molecule has 0 unspecified atom stereocenters. The van der Waals surface area contributed by atoms with E-state index in [0.717, 1.165) is 62.3 Å². The minimum atomic E-state index is -0.505. The Morgan fingerprint density at radius 3 is 2.07 bits per heavy atom. The number of hydrogen-bond donors (Lipinski definition) is 1. The van der Waals surface area contributed by atoms with E-state index in [4.69, 9.17) is 23.9 Å². The summed E-state index contributed by atoms with van der Waals surface area (Å²) >= 11 is 0. The summed E-state index contributed by atoms with van der Waals surface area (Å²) in [5.74, 6) is 2.40. The number of nitrogens with one attached hydrogen (secondary N) is 1. The molecule has 1 amide bonds. The highest BCUT2D eigenvalue weighted by Gasteiger charge is 2.50.